The van der Waals surface area contributed by atoms with Crippen LogP contribution in [0.2, 0.25) is 0 Å². The molecule has 0 aromatic carbocycles. The normalized spacial score (nSPS) is 13.0. The zero-order valence-corrected chi connectivity index (χ0v) is 27.4. The molecule has 0 aliphatic carbocycles. The molecule has 0 atom stereocenters. The summed E-state index contributed by atoms with van der Waals surface area (Å²) in [6, 6.07) is 0. The first-order chi connectivity index (χ1) is 23.1. The van der Waals surface area contributed by atoms with E-state index in [1.165, 1.54) is 12.2 Å². The summed E-state index contributed by atoms with van der Waals surface area (Å²) < 4.78 is 64.3. The van der Waals surface area contributed by atoms with Crippen LogP contribution in [0.4, 0.5) is 0 Å². The average Bonchev–Trinajstić information content (AvgIpc) is 3.38. The Morgan fingerprint density at radius 3 is 0.851 bits per heavy atom. The van der Waals surface area contributed by atoms with Crippen LogP contribution in [0.5, 0.6) is 0 Å². The van der Waals surface area contributed by atoms with Crippen molar-refractivity contribution in [1.29, 1.82) is 0 Å². The van der Waals surface area contributed by atoms with Crippen molar-refractivity contribution < 1.29 is 76.3 Å². The maximum absolute atomic E-state index is 11.4. The van der Waals surface area contributed by atoms with Crippen molar-refractivity contribution in [2.45, 2.75) is 0 Å². The van der Waals surface area contributed by atoms with E-state index in [4.69, 9.17) is 61.9 Å². The van der Waals surface area contributed by atoms with Gasteiger partial charge < -0.3 is 61.9 Å². The second-order valence-electron chi connectivity index (χ2n) is 9.34. The molecule has 0 radical (unpaired) electrons. The van der Waals surface area contributed by atoms with E-state index in [1.54, 1.807) is 0 Å². The van der Waals surface area contributed by atoms with Gasteiger partial charge in [0.25, 0.3) is 11.8 Å². The largest absolute Gasteiger partial charge is 0.480 e. The molecule has 1 heterocycles. The van der Waals surface area contributed by atoms with E-state index in [2.05, 4.69) is 0 Å². The molecule has 274 valence electrons. The molecule has 0 unspecified atom stereocenters. The smallest absolute Gasteiger partial charge is 0.329 e. The molecule has 47 heavy (non-hydrogen) atoms. The van der Waals surface area contributed by atoms with Gasteiger partial charge in [-0.2, -0.15) is 0 Å². The molecule has 2 amide bonds. The molecule has 1 aliphatic heterocycles. The Kier molecular flexibility index (Phi) is 30.8. The number of rotatable bonds is 38. The van der Waals surface area contributed by atoms with Gasteiger partial charge in [-0.15, -0.1) is 0 Å². The summed E-state index contributed by atoms with van der Waals surface area (Å²) in [5.74, 6) is -1.63. The quantitative estimate of drug-likeness (QED) is 0.0629. The SMILES string of the molecule is O=C(O)COCCOCCOCCOCCOCCOCCOCCOCCOCCOCCOCCOCCN1C(=O)C=CC1=O. The number of aliphatic carboxylic acids is 1. The van der Waals surface area contributed by atoms with Crippen molar-refractivity contribution in [1.82, 2.24) is 4.90 Å². The minimum atomic E-state index is -1.00. The predicted molar refractivity (Wildman–Crippen MR) is 163 cm³/mol. The summed E-state index contributed by atoms with van der Waals surface area (Å²) in [4.78, 5) is 34.2. The van der Waals surface area contributed by atoms with Crippen LogP contribution in [0.25, 0.3) is 0 Å². The predicted octanol–water partition coefficient (Wildman–Crippen LogP) is -0.805. The summed E-state index contributed by atoms with van der Waals surface area (Å²) in [5, 5.41) is 8.42. The zero-order chi connectivity index (χ0) is 33.9. The molecule has 17 nitrogen and oxygen atoms in total. The number of carboxylic acid groups (broad SMARTS) is 1. The molecule has 0 saturated heterocycles. The molecule has 17 heteroatoms. The van der Waals surface area contributed by atoms with Crippen molar-refractivity contribution in [3.05, 3.63) is 12.2 Å². The maximum atomic E-state index is 11.4. The van der Waals surface area contributed by atoms with Crippen LogP contribution in [-0.2, 0) is 71.2 Å². The van der Waals surface area contributed by atoms with E-state index in [9.17, 15) is 14.4 Å². The first-order valence-electron chi connectivity index (χ1n) is 15.8. The van der Waals surface area contributed by atoms with Gasteiger partial charge in [0.05, 0.1) is 159 Å². The monoisotopic (exact) mass is 683 g/mol. The van der Waals surface area contributed by atoms with Gasteiger partial charge in [0.15, 0.2) is 0 Å². The highest BCUT2D eigenvalue weighted by Gasteiger charge is 2.22. The van der Waals surface area contributed by atoms with Crippen molar-refractivity contribution in [2.75, 3.05) is 165 Å². The fourth-order valence-corrected chi connectivity index (χ4v) is 3.39. The lowest BCUT2D eigenvalue weighted by Crippen LogP contribution is -2.33. The highest BCUT2D eigenvalue weighted by Crippen LogP contribution is 2.02. The van der Waals surface area contributed by atoms with Crippen molar-refractivity contribution >= 4 is 17.8 Å². The number of nitrogens with zero attached hydrogens (tertiary/aromatic N) is 1. The van der Waals surface area contributed by atoms with E-state index in [-0.39, 0.29) is 38.2 Å². The molecule has 0 aromatic rings. The van der Waals surface area contributed by atoms with Crippen LogP contribution in [0.1, 0.15) is 0 Å². The lowest BCUT2D eigenvalue weighted by molar-refractivity contribution is -0.143. The number of carbonyl (C=O) groups is 3. The Balaban J connectivity index is 1.62. The van der Waals surface area contributed by atoms with Gasteiger partial charge in [-0.25, -0.2) is 4.79 Å². The Hall–Kier alpha value is -2.13. The van der Waals surface area contributed by atoms with Crippen molar-refractivity contribution in [2.24, 2.45) is 0 Å². The topological polar surface area (TPSA) is 185 Å². The molecule has 0 spiro atoms. The van der Waals surface area contributed by atoms with Crippen molar-refractivity contribution in [3.63, 3.8) is 0 Å². The highest BCUT2D eigenvalue weighted by atomic mass is 16.6. The van der Waals surface area contributed by atoms with Gasteiger partial charge in [-0.05, 0) is 0 Å². The Labute approximate surface area is 276 Å². The molecule has 1 aliphatic rings. The van der Waals surface area contributed by atoms with Gasteiger partial charge >= 0.3 is 5.97 Å². The summed E-state index contributed by atoms with van der Waals surface area (Å²) >= 11 is 0. The fraction of sp³-hybridized carbons (Fsp3) is 0.833. The van der Waals surface area contributed by atoms with Crippen LogP contribution in [0, 0.1) is 0 Å². The third-order valence-electron chi connectivity index (χ3n) is 5.68. The number of imide groups is 1. The molecule has 0 bridgehead atoms. The minimum absolute atomic E-state index is 0.234. The van der Waals surface area contributed by atoms with Crippen LogP contribution in [-0.4, -0.2) is 193 Å². The van der Waals surface area contributed by atoms with Gasteiger partial charge in [0.1, 0.15) is 6.61 Å². The van der Waals surface area contributed by atoms with Crippen LogP contribution in [0.3, 0.4) is 0 Å². The second-order valence-corrected chi connectivity index (χ2v) is 9.34. The highest BCUT2D eigenvalue weighted by molar-refractivity contribution is 6.12. The van der Waals surface area contributed by atoms with Gasteiger partial charge in [-0.3, -0.25) is 14.5 Å². The lowest BCUT2D eigenvalue weighted by atomic mass is 10.5. The number of hydrogen-bond acceptors (Lipinski definition) is 15. The fourth-order valence-electron chi connectivity index (χ4n) is 3.39. The number of carboxylic acids is 1. The molecule has 0 fully saturated rings. The Morgan fingerprint density at radius 1 is 0.404 bits per heavy atom. The molecular formula is C30H53NO16. The van der Waals surface area contributed by atoms with E-state index in [1.807, 2.05) is 0 Å². The number of amides is 2. The van der Waals surface area contributed by atoms with E-state index >= 15 is 0 Å². The van der Waals surface area contributed by atoms with Crippen molar-refractivity contribution in [3.8, 4) is 0 Å². The number of carbonyl (C=O) groups excluding carboxylic acids is 2. The summed E-state index contributed by atoms with van der Waals surface area (Å²) in [6.07, 6.45) is 2.50. The van der Waals surface area contributed by atoms with Gasteiger partial charge in [-0.1, -0.05) is 0 Å². The lowest BCUT2D eigenvalue weighted by Gasteiger charge is -2.13. The van der Waals surface area contributed by atoms with E-state index < -0.39 is 5.97 Å². The second kappa shape index (κ2) is 33.8. The maximum Gasteiger partial charge on any atom is 0.329 e. The van der Waals surface area contributed by atoms with Crippen LogP contribution in [0.15, 0.2) is 12.2 Å². The summed E-state index contributed by atoms with van der Waals surface area (Å²) in [5.41, 5.74) is 0. The van der Waals surface area contributed by atoms with Gasteiger partial charge in [0, 0.05) is 12.2 Å². The first kappa shape index (κ1) is 42.9. The van der Waals surface area contributed by atoms with E-state index in [0.29, 0.717) is 139 Å². The number of hydrogen-bond donors (Lipinski definition) is 1. The third kappa shape index (κ3) is 29.7. The molecule has 0 saturated carbocycles. The molecular weight excluding hydrogens is 630 g/mol. The zero-order valence-electron chi connectivity index (χ0n) is 27.4. The average molecular weight is 684 g/mol. The summed E-state index contributed by atoms with van der Waals surface area (Å²) in [6.45, 7) is 9.76. The van der Waals surface area contributed by atoms with Gasteiger partial charge in [0.2, 0.25) is 0 Å². The van der Waals surface area contributed by atoms with E-state index in [0.717, 1.165) is 4.90 Å². The van der Waals surface area contributed by atoms with Crippen LogP contribution >= 0.6 is 0 Å². The van der Waals surface area contributed by atoms with Crippen LogP contribution < -0.4 is 0 Å². The molecule has 0 aromatic heterocycles. The minimum Gasteiger partial charge on any atom is -0.480 e. The Bertz CT molecular complexity index is 769. The Morgan fingerprint density at radius 2 is 0.617 bits per heavy atom. The summed E-state index contributed by atoms with van der Waals surface area (Å²) in [7, 11) is 0. The number of ether oxygens (including phenoxy) is 12. The standard InChI is InChI=1S/C30H53NO16/c32-28-1-2-29(33)31(28)3-4-36-5-6-37-7-8-38-9-10-39-11-12-40-13-14-41-15-16-42-17-18-43-19-20-44-21-22-45-23-24-46-25-26-47-27-30(34)35/h1-2H,3-27H2,(H,34,35). The molecule has 1 rings (SSSR count). The molecule has 1 N–H and O–H groups in total. The first-order valence-corrected chi connectivity index (χ1v) is 15.8. The third-order valence-corrected chi connectivity index (χ3v) is 5.68.